The highest BCUT2D eigenvalue weighted by Crippen LogP contribution is 2.25. The van der Waals surface area contributed by atoms with Gasteiger partial charge in [-0.1, -0.05) is 51.1 Å². The molecule has 1 aromatic carbocycles. The lowest BCUT2D eigenvalue weighted by molar-refractivity contribution is -0.144. The predicted molar refractivity (Wildman–Crippen MR) is 82.5 cm³/mol. The number of ether oxygens (including phenoxy) is 1. The van der Waals surface area contributed by atoms with Gasteiger partial charge in [-0.2, -0.15) is 0 Å². The molecular formula is C17H27NO2. The van der Waals surface area contributed by atoms with Gasteiger partial charge in [0, 0.05) is 12.1 Å². The molecule has 0 heterocycles. The van der Waals surface area contributed by atoms with Crippen molar-refractivity contribution in [2.75, 3.05) is 6.61 Å². The second-order valence-electron chi connectivity index (χ2n) is 6.23. The number of hydrogen-bond donors (Lipinski definition) is 1. The standard InChI is InChI=1S/C17H27NO2/c1-6-20-16(19)12-15(17(3,4)5)18-13(2)14-10-8-7-9-11-14/h7-11,13,15,18H,6,12H2,1-5H3. The summed E-state index contributed by atoms with van der Waals surface area (Å²) in [6.45, 7) is 10.8. The average molecular weight is 277 g/mol. The quantitative estimate of drug-likeness (QED) is 0.806. The van der Waals surface area contributed by atoms with E-state index >= 15 is 0 Å². The van der Waals surface area contributed by atoms with E-state index in [4.69, 9.17) is 4.74 Å². The Morgan fingerprint density at radius 1 is 1.25 bits per heavy atom. The number of hydrogen-bond acceptors (Lipinski definition) is 3. The van der Waals surface area contributed by atoms with E-state index in [-0.39, 0.29) is 23.5 Å². The summed E-state index contributed by atoms with van der Waals surface area (Å²) in [7, 11) is 0. The maximum Gasteiger partial charge on any atom is 0.307 e. The lowest BCUT2D eigenvalue weighted by Gasteiger charge is -2.33. The van der Waals surface area contributed by atoms with Gasteiger partial charge in [0.25, 0.3) is 0 Å². The van der Waals surface area contributed by atoms with Crippen LogP contribution in [0.3, 0.4) is 0 Å². The Labute approximate surface area is 122 Å². The molecule has 2 unspecified atom stereocenters. The molecule has 112 valence electrons. The Morgan fingerprint density at radius 2 is 1.85 bits per heavy atom. The van der Waals surface area contributed by atoms with Gasteiger partial charge in [-0.3, -0.25) is 4.79 Å². The SMILES string of the molecule is CCOC(=O)CC(NC(C)c1ccccc1)C(C)(C)C. The summed E-state index contributed by atoms with van der Waals surface area (Å²) < 4.78 is 5.08. The molecule has 0 aliphatic heterocycles. The monoisotopic (exact) mass is 277 g/mol. The fourth-order valence-corrected chi connectivity index (χ4v) is 2.14. The fourth-order valence-electron chi connectivity index (χ4n) is 2.14. The van der Waals surface area contributed by atoms with Crippen LogP contribution in [0, 0.1) is 5.41 Å². The highest BCUT2D eigenvalue weighted by molar-refractivity contribution is 5.70. The zero-order valence-corrected chi connectivity index (χ0v) is 13.3. The van der Waals surface area contributed by atoms with Gasteiger partial charge in [0.05, 0.1) is 13.0 Å². The molecule has 0 spiro atoms. The number of rotatable bonds is 6. The van der Waals surface area contributed by atoms with E-state index in [0.717, 1.165) is 0 Å². The van der Waals surface area contributed by atoms with E-state index in [9.17, 15) is 4.79 Å². The van der Waals surface area contributed by atoms with Crippen LogP contribution in [0.5, 0.6) is 0 Å². The van der Waals surface area contributed by atoms with E-state index in [1.807, 2.05) is 25.1 Å². The fraction of sp³-hybridized carbons (Fsp3) is 0.588. The first-order valence-corrected chi connectivity index (χ1v) is 7.31. The van der Waals surface area contributed by atoms with Crippen molar-refractivity contribution in [2.45, 2.75) is 53.1 Å². The third-order valence-corrected chi connectivity index (χ3v) is 3.47. The van der Waals surface area contributed by atoms with Crippen molar-refractivity contribution in [3.05, 3.63) is 35.9 Å². The van der Waals surface area contributed by atoms with Crippen LogP contribution in [0.1, 0.15) is 52.6 Å². The molecule has 20 heavy (non-hydrogen) atoms. The summed E-state index contributed by atoms with van der Waals surface area (Å²) in [5.41, 5.74) is 1.22. The number of nitrogens with one attached hydrogen (secondary N) is 1. The number of carbonyl (C=O) groups is 1. The van der Waals surface area contributed by atoms with Gasteiger partial charge in [0.15, 0.2) is 0 Å². The summed E-state index contributed by atoms with van der Waals surface area (Å²) >= 11 is 0. The molecular weight excluding hydrogens is 250 g/mol. The van der Waals surface area contributed by atoms with Crippen LogP contribution in [0.25, 0.3) is 0 Å². The number of carbonyl (C=O) groups excluding carboxylic acids is 1. The van der Waals surface area contributed by atoms with Crippen LogP contribution in [0.2, 0.25) is 0 Å². The van der Waals surface area contributed by atoms with E-state index in [0.29, 0.717) is 13.0 Å². The minimum Gasteiger partial charge on any atom is -0.466 e. The Hall–Kier alpha value is -1.35. The molecule has 0 aliphatic carbocycles. The van der Waals surface area contributed by atoms with Gasteiger partial charge in [-0.15, -0.1) is 0 Å². The highest BCUT2D eigenvalue weighted by atomic mass is 16.5. The number of benzene rings is 1. The van der Waals surface area contributed by atoms with Gasteiger partial charge in [0.1, 0.15) is 0 Å². The van der Waals surface area contributed by atoms with E-state index in [2.05, 4.69) is 45.1 Å². The predicted octanol–water partition coefficient (Wildman–Crippen LogP) is 3.71. The van der Waals surface area contributed by atoms with Crippen molar-refractivity contribution in [3.8, 4) is 0 Å². The summed E-state index contributed by atoms with van der Waals surface area (Å²) in [6, 6.07) is 10.6. The van der Waals surface area contributed by atoms with Gasteiger partial charge < -0.3 is 10.1 Å². The normalized spacial score (nSPS) is 14.7. The van der Waals surface area contributed by atoms with Crippen molar-refractivity contribution < 1.29 is 9.53 Å². The molecule has 3 nitrogen and oxygen atoms in total. The van der Waals surface area contributed by atoms with Crippen LogP contribution < -0.4 is 5.32 Å². The molecule has 0 fully saturated rings. The van der Waals surface area contributed by atoms with Crippen LogP contribution in [0.15, 0.2) is 30.3 Å². The summed E-state index contributed by atoms with van der Waals surface area (Å²) in [6.07, 6.45) is 0.397. The van der Waals surface area contributed by atoms with Crippen molar-refractivity contribution in [1.82, 2.24) is 5.32 Å². The van der Waals surface area contributed by atoms with Crippen molar-refractivity contribution in [3.63, 3.8) is 0 Å². The third kappa shape index (κ3) is 5.33. The molecule has 1 rings (SSSR count). The first-order valence-electron chi connectivity index (χ1n) is 7.31. The molecule has 2 atom stereocenters. The zero-order valence-electron chi connectivity index (χ0n) is 13.3. The maximum atomic E-state index is 11.8. The van der Waals surface area contributed by atoms with Gasteiger partial charge in [-0.25, -0.2) is 0 Å². The summed E-state index contributed by atoms with van der Waals surface area (Å²) in [4.78, 5) is 11.8. The van der Waals surface area contributed by atoms with Gasteiger partial charge in [-0.05, 0) is 24.8 Å². The summed E-state index contributed by atoms with van der Waals surface area (Å²) in [5.74, 6) is -0.139. The van der Waals surface area contributed by atoms with Crippen LogP contribution >= 0.6 is 0 Å². The molecule has 0 saturated heterocycles. The second-order valence-corrected chi connectivity index (χ2v) is 6.23. The minimum atomic E-state index is -0.139. The Kier molecular flexibility index (Phi) is 6.21. The Morgan fingerprint density at radius 3 is 2.35 bits per heavy atom. The topological polar surface area (TPSA) is 38.3 Å². The molecule has 1 N–H and O–H groups in total. The van der Waals surface area contributed by atoms with Crippen LogP contribution in [0.4, 0.5) is 0 Å². The Balaban J connectivity index is 2.73. The van der Waals surface area contributed by atoms with Gasteiger partial charge >= 0.3 is 5.97 Å². The summed E-state index contributed by atoms with van der Waals surface area (Å²) in [5, 5.41) is 3.56. The molecule has 3 heteroatoms. The average Bonchev–Trinajstić information content (AvgIpc) is 2.38. The maximum absolute atomic E-state index is 11.8. The lowest BCUT2D eigenvalue weighted by Crippen LogP contribution is -2.43. The first kappa shape index (κ1) is 16.7. The first-order chi connectivity index (χ1) is 9.34. The van der Waals surface area contributed by atoms with E-state index in [1.165, 1.54) is 5.56 Å². The van der Waals surface area contributed by atoms with Crippen LogP contribution in [-0.4, -0.2) is 18.6 Å². The zero-order chi connectivity index (χ0) is 15.2. The molecule has 0 bridgehead atoms. The van der Waals surface area contributed by atoms with Gasteiger partial charge in [0.2, 0.25) is 0 Å². The molecule has 0 aromatic heterocycles. The molecule has 1 aromatic rings. The van der Waals surface area contributed by atoms with Crippen molar-refractivity contribution in [2.24, 2.45) is 5.41 Å². The van der Waals surface area contributed by atoms with E-state index in [1.54, 1.807) is 0 Å². The molecule has 0 amide bonds. The minimum absolute atomic E-state index is 0.00416. The molecule has 0 saturated carbocycles. The molecule has 0 radical (unpaired) electrons. The third-order valence-electron chi connectivity index (χ3n) is 3.47. The van der Waals surface area contributed by atoms with Crippen molar-refractivity contribution >= 4 is 5.97 Å². The molecule has 0 aliphatic rings. The lowest BCUT2D eigenvalue weighted by atomic mass is 9.84. The van der Waals surface area contributed by atoms with E-state index < -0.39 is 0 Å². The van der Waals surface area contributed by atoms with Crippen molar-refractivity contribution in [1.29, 1.82) is 0 Å². The Bertz CT molecular complexity index is 409. The largest absolute Gasteiger partial charge is 0.466 e. The highest BCUT2D eigenvalue weighted by Gasteiger charge is 2.28. The van der Waals surface area contributed by atoms with Crippen LogP contribution in [-0.2, 0) is 9.53 Å². The number of esters is 1. The smallest absolute Gasteiger partial charge is 0.307 e. The second kappa shape index (κ2) is 7.44.